The molecule has 1 aromatic heterocycles. The van der Waals surface area contributed by atoms with Crippen molar-refractivity contribution in [1.82, 2.24) is 9.97 Å². The Labute approximate surface area is 153 Å². The first-order valence-electron chi connectivity index (χ1n) is 8.63. The van der Waals surface area contributed by atoms with E-state index in [0.29, 0.717) is 11.6 Å². The normalized spacial score (nSPS) is 10.4. The first-order valence-corrected chi connectivity index (χ1v) is 8.63. The molecule has 0 bridgehead atoms. The molecule has 0 atom stereocenters. The number of anilines is 3. The van der Waals surface area contributed by atoms with Gasteiger partial charge < -0.3 is 10.6 Å². The van der Waals surface area contributed by atoms with E-state index < -0.39 is 0 Å². The van der Waals surface area contributed by atoms with E-state index in [1.54, 1.807) is 6.07 Å². The number of aryl methyl sites for hydroxylation is 3. The largest absolute Gasteiger partial charge is 0.324 e. The van der Waals surface area contributed by atoms with Gasteiger partial charge in [-0.2, -0.15) is 0 Å². The number of benzene rings is 2. The zero-order valence-electron chi connectivity index (χ0n) is 15.2. The molecule has 2 N–H and O–H groups in total. The molecule has 0 saturated heterocycles. The number of nitrogens with one attached hydrogen (secondary N) is 2. The Morgan fingerprint density at radius 1 is 0.923 bits per heavy atom. The summed E-state index contributed by atoms with van der Waals surface area (Å²) >= 11 is 0. The van der Waals surface area contributed by atoms with Crippen molar-refractivity contribution in [3.8, 4) is 0 Å². The maximum Gasteiger partial charge on any atom is 0.274 e. The van der Waals surface area contributed by atoms with Gasteiger partial charge in [0.15, 0.2) is 0 Å². The molecule has 2 aromatic carbocycles. The van der Waals surface area contributed by atoms with Gasteiger partial charge in [0.2, 0.25) is 5.95 Å². The summed E-state index contributed by atoms with van der Waals surface area (Å²) in [5.41, 5.74) is 5.08. The van der Waals surface area contributed by atoms with Crippen molar-refractivity contribution in [1.29, 1.82) is 0 Å². The average Bonchev–Trinajstić information content (AvgIpc) is 2.64. The van der Waals surface area contributed by atoms with E-state index in [-0.39, 0.29) is 5.91 Å². The van der Waals surface area contributed by atoms with Crippen LogP contribution in [-0.2, 0) is 6.42 Å². The first-order chi connectivity index (χ1) is 12.5. The topological polar surface area (TPSA) is 66.9 Å². The van der Waals surface area contributed by atoms with Crippen molar-refractivity contribution in [2.75, 3.05) is 10.6 Å². The second-order valence-corrected chi connectivity index (χ2v) is 6.21. The zero-order chi connectivity index (χ0) is 18.5. The van der Waals surface area contributed by atoms with Crippen molar-refractivity contribution in [2.24, 2.45) is 0 Å². The predicted octanol–water partition coefficient (Wildman–Crippen LogP) is 4.65. The third-order valence-corrected chi connectivity index (χ3v) is 4.01. The van der Waals surface area contributed by atoms with Gasteiger partial charge in [-0.3, -0.25) is 4.79 Å². The summed E-state index contributed by atoms with van der Waals surface area (Å²) < 4.78 is 0. The van der Waals surface area contributed by atoms with Crippen molar-refractivity contribution < 1.29 is 4.79 Å². The number of hydrogen-bond donors (Lipinski definition) is 2. The highest BCUT2D eigenvalue weighted by atomic mass is 16.1. The Kier molecular flexibility index (Phi) is 5.27. The molecule has 0 aliphatic rings. The van der Waals surface area contributed by atoms with Crippen molar-refractivity contribution in [2.45, 2.75) is 27.2 Å². The van der Waals surface area contributed by atoms with E-state index in [9.17, 15) is 4.79 Å². The number of rotatable bonds is 5. The van der Waals surface area contributed by atoms with Gasteiger partial charge in [0.05, 0.1) is 0 Å². The fourth-order valence-corrected chi connectivity index (χ4v) is 2.53. The van der Waals surface area contributed by atoms with Crippen LogP contribution in [0.5, 0.6) is 0 Å². The maximum atomic E-state index is 12.5. The van der Waals surface area contributed by atoms with E-state index >= 15 is 0 Å². The molecule has 0 radical (unpaired) electrons. The van der Waals surface area contributed by atoms with E-state index in [2.05, 4.69) is 39.7 Å². The molecular weight excluding hydrogens is 324 g/mol. The summed E-state index contributed by atoms with van der Waals surface area (Å²) in [7, 11) is 0. The summed E-state index contributed by atoms with van der Waals surface area (Å²) in [5.74, 6) is 0.145. The first kappa shape index (κ1) is 17.6. The Balaban J connectivity index is 1.77. The number of nitrogens with zero attached hydrogens (tertiary/aromatic N) is 2. The summed E-state index contributed by atoms with van der Waals surface area (Å²) in [4.78, 5) is 21.2. The standard InChI is InChI=1S/C21H22N4O/c1-4-16-7-11-18(12-8-16)24-21-22-15(3)13-19(25-21)20(26)23-17-9-5-14(2)6-10-17/h5-13H,4H2,1-3H3,(H,23,26)(H,22,24,25). The molecule has 0 aliphatic carbocycles. The van der Waals surface area contributed by atoms with Gasteiger partial charge in [-0.05, 0) is 56.2 Å². The summed E-state index contributed by atoms with van der Waals surface area (Å²) in [6, 6.07) is 17.4. The minimum Gasteiger partial charge on any atom is -0.324 e. The summed E-state index contributed by atoms with van der Waals surface area (Å²) in [5, 5.41) is 6.02. The lowest BCUT2D eigenvalue weighted by Crippen LogP contribution is -2.15. The molecule has 26 heavy (non-hydrogen) atoms. The van der Waals surface area contributed by atoms with Crippen molar-refractivity contribution in [3.05, 3.63) is 77.1 Å². The molecule has 0 unspecified atom stereocenters. The molecule has 0 aliphatic heterocycles. The lowest BCUT2D eigenvalue weighted by Gasteiger charge is -2.09. The van der Waals surface area contributed by atoms with Crippen LogP contribution in [0.3, 0.4) is 0 Å². The quantitative estimate of drug-likeness (QED) is 0.705. The van der Waals surface area contributed by atoms with Gasteiger partial charge in [-0.25, -0.2) is 9.97 Å². The van der Waals surface area contributed by atoms with Gasteiger partial charge >= 0.3 is 0 Å². The van der Waals surface area contributed by atoms with E-state index in [1.807, 2.05) is 50.2 Å². The number of amides is 1. The Hall–Kier alpha value is -3.21. The van der Waals surface area contributed by atoms with Crippen LogP contribution in [0, 0.1) is 13.8 Å². The van der Waals surface area contributed by atoms with Crippen LogP contribution < -0.4 is 10.6 Å². The molecular formula is C21H22N4O. The number of hydrogen-bond acceptors (Lipinski definition) is 4. The van der Waals surface area contributed by atoms with Crippen molar-refractivity contribution in [3.63, 3.8) is 0 Å². The molecule has 5 heteroatoms. The van der Waals surface area contributed by atoms with Crippen LogP contribution >= 0.6 is 0 Å². The van der Waals surface area contributed by atoms with E-state index in [1.165, 1.54) is 5.56 Å². The van der Waals surface area contributed by atoms with Crippen LogP contribution in [-0.4, -0.2) is 15.9 Å². The molecule has 0 spiro atoms. The molecule has 3 rings (SSSR count). The number of carbonyl (C=O) groups excluding carboxylic acids is 1. The Morgan fingerprint density at radius 3 is 2.23 bits per heavy atom. The fraction of sp³-hybridized carbons (Fsp3) is 0.190. The van der Waals surface area contributed by atoms with Crippen LogP contribution in [0.25, 0.3) is 0 Å². The van der Waals surface area contributed by atoms with Gasteiger partial charge in [-0.1, -0.05) is 36.8 Å². The SMILES string of the molecule is CCc1ccc(Nc2nc(C)cc(C(=O)Nc3ccc(C)cc3)n2)cc1. The minimum atomic E-state index is -0.260. The molecule has 3 aromatic rings. The third kappa shape index (κ3) is 4.45. The second kappa shape index (κ2) is 7.78. The highest BCUT2D eigenvalue weighted by molar-refractivity contribution is 6.03. The molecule has 0 saturated carbocycles. The Morgan fingerprint density at radius 2 is 1.58 bits per heavy atom. The average molecular weight is 346 g/mol. The number of aromatic nitrogens is 2. The molecule has 1 heterocycles. The maximum absolute atomic E-state index is 12.5. The molecule has 0 fully saturated rings. The lowest BCUT2D eigenvalue weighted by atomic mass is 10.1. The highest BCUT2D eigenvalue weighted by Crippen LogP contribution is 2.16. The van der Waals surface area contributed by atoms with Crippen LogP contribution in [0.2, 0.25) is 0 Å². The van der Waals surface area contributed by atoms with Gasteiger partial charge in [0.25, 0.3) is 5.91 Å². The van der Waals surface area contributed by atoms with Gasteiger partial charge in [0.1, 0.15) is 5.69 Å². The Bertz CT molecular complexity index is 902. The van der Waals surface area contributed by atoms with Crippen molar-refractivity contribution >= 4 is 23.2 Å². The second-order valence-electron chi connectivity index (χ2n) is 6.21. The molecule has 1 amide bonds. The highest BCUT2D eigenvalue weighted by Gasteiger charge is 2.11. The smallest absolute Gasteiger partial charge is 0.274 e. The fourth-order valence-electron chi connectivity index (χ4n) is 2.53. The number of carbonyl (C=O) groups is 1. The molecule has 5 nitrogen and oxygen atoms in total. The van der Waals surface area contributed by atoms with Crippen LogP contribution in [0.1, 0.15) is 34.2 Å². The van der Waals surface area contributed by atoms with Crippen LogP contribution in [0.15, 0.2) is 54.6 Å². The van der Waals surface area contributed by atoms with E-state index in [0.717, 1.165) is 29.1 Å². The van der Waals surface area contributed by atoms with Gasteiger partial charge in [-0.15, -0.1) is 0 Å². The predicted molar refractivity (Wildman–Crippen MR) is 105 cm³/mol. The molecule has 132 valence electrons. The monoisotopic (exact) mass is 346 g/mol. The summed E-state index contributed by atoms with van der Waals surface area (Å²) in [6.07, 6.45) is 0.991. The van der Waals surface area contributed by atoms with Gasteiger partial charge in [0, 0.05) is 17.1 Å². The van der Waals surface area contributed by atoms with Crippen LogP contribution in [0.4, 0.5) is 17.3 Å². The zero-order valence-corrected chi connectivity index (χ0v) is 15.2. The minimum absolute atomic E-state index is 0.260. The lowest BCUT2D eigenvalue weighted by molar-refractivity contribution is 0.102. The van der Waals surface area contributed by atoms with E-state index in [4.69, 9.17) is 0 Å². The third-order valence-electron chi connectivity index (χ3n) is 4.01. The summed E-state index contributed by atoms with van der Waals surface area (Å²) in [6.45, 7) is 5.96.